The third-order valence-corrected chi connectivity index (χ3v) is 9.60. The molecule has 4 aromatic rings. The number of hydrogen-bond acceptors (Lipinski definition) is 8. The third-order valence-electron chi connectivity index (χ3n) is 9.60. The van der Waals surface area contributed by atoms with Gasteiger partial charge in [0.2, 0.25) is 5.95 Å². The largest absolute Gasteiger partial charge is 0.393 e. The number of aryl methyl sites for hydroxylation is 2. The van der Waals surface area contributed by atoms with Gasteiger partial charge in [0.1, 0.15) is 5.69 Å². The predicted molar refractivity (Wildman–Crippen MR) is 179 cm³/mol. The van der Waals surface area contributed by atoms with Gasteiger partial charge in [-0.2, -0.15) is 5.10 Å². The van der Waals surface area contributed by atoms with Gasteiger partial charge in [-0.05, 0) is 90.7 Å². The SMILES string of the molecule is Cc1cc(C(=O)Nc2nc3ccc(N4CCC(NCCN(C)C)CC4)cc3n2[C@H]2CC[C@@H](O)CC2)c(F)c(-c2cnn(C)c2C)n1. The van der Waals surface area contributed by atoms with Crippen molar-refractivity contribution >= 4 is 28.6 Å². The van der Waals surface area contributed by atoms with Crippen LogP contribution in [0.25, 0.3) is 22.3 Å². The number of benzene rings is 1. The van der Waals surface area contributed by atoms with E-state index < -0.39 is 11.7 Å². The van der Waals surface area contributed by atoms with Crippen LogP contribution in [0.15, 0.2) is 30.5 Å². The van der Waals surface area contributed by atoms with Crippen molar-refractivity contribution in [1.29, 1.82) is 0 Å². The first kappa shape index (κ1) is 32.1. The Morgan fingerprint density at radius 3 is 2.48 bits per heavy atom. The van der Waals surface area contributed by atoms with Gasteiger partial charge < -0.3 is 24.8 Å². The second-order valence-corrected chi connectivity index (χ2v) is 13.2. The van der Waals surface area contributed by atoms with Crippen molar-refractivity contribution in [2.24, 2.45) is 7.05 Å². The summed E-state index contributed by atoms with van der Waals surface area (Å²) in [6.45, 7) is 7.51. The number of nitrogens with one attached hydrogen (secondary N) is 2. The first-order valence-electron chi connectivity index (χ1n) is 16.4. The first-order chi connectivity index (χ1) is 22.1. The average molecular weight is 632 g/mol. The van der Waals surface area contributed by atoms with E-state index in [2.05, 4.69) is 61.3 Å². The first-order valence-corrected chi connectivity index (χ1v) is 16.4. The van der Waals surface area contributed by atoms with E-state index in [0.717, 1.165) is 74.3 Å². The van der Waals surface area contributed by atoms with Crippen molar-refractivity contribution in [3.63, 3.8) is 0 Å². The summed E-state index contributed by atoms with van der Waals surface area (Å²) in [5.74, 6) is -0.887. The highest BCUT2D eigenvalue weighted by molar-refractivity contribution is 6.05. The number of carbonyl (C=O) groups excluding carboxylic acids is 1. The maximum atomic E-state index is 15.9. The van der Waals surface area contributed by atoms with Gasteiger partial charge in [-0.25, -0.2) is 14.4 Å². The second-order valence-electron chi connectivity index (χ2n) is 13.2. The Morgan fingerprint density at radius 1 is 1.07 bits per heavy atom. The summed E-state index contributed by atoms with van der Waals surface area (Å²) >= 11 is 0. The van der Waals surface area contributed by atoms with Crippen LogP contribution in [0, 0.1) is 19.7 Å². The lowest BCUT2D eigenvalue weighted by atomic mass is 9.93. The zero-order chi connectivity index (χ0) is 32.5. The fraction of sp³-hybridized carbons (Fsp3) is 0.529. The highest BCUT2D eigenvalue weighted by atomic mass is 19.1. The molecule has 1 aromatic carbocycles. The average Bonchev–Trinajstić information content (AvgIpc) is 3.56. The predicted octanol–water partition coefficient (Wildman–Crippen LogP) is 4.44. The van der Waals surface area contributed by atoms with Gasteiger partial charge in [0, 0.05) is 67.9 Å². The molecule has 246 valence electrons. The number of rotatable bonds is 9. The fourth-order valence-corrected chi connectivity index (χ4v) is 6.79. The highest BCUT2D eigenvalue weighted by Crippen LogP contribution is 2.36. The Bertz CT molecular complexity index is 1700. The maximum Gasteiger partial charge on any atom is 0.261 e. The number of nitrogens with zero attached hydrogens (tertiary/aromatic N) is 7. The molecule has 1 saturated heterocycles. The molecule has 0 bridgehead atoms. The number of imidazole rings is 1. The molecule has 0 atom stereocenters. The Morgan fingerprint density at radius 2 is 1.80 bits per heavy atom. The minimum atomic E-state index is -0.690. The number of aliphatic hydroxyl groups is 1. The van der Waals surface area contributed by atoms with E-state index in [9.17, 15) is 9.90 Å². The zero-order valence-electron chi connectivity index (χ0n) is 27.6. The molecular formula is C34H46FN9O2. The number of anilines is 2. The van der Waals surface area contributed by atoms with Crippen molar-refractivity contribution in [3.8, 4) is 11.3 Å². The lowest BCUT2D eigenvalue weighted by molar-refractivity contribution is 0.101. The summed E-state index contributed by atoms with van der Waals surface area (Å²) in [7, 11) is 5.97. The number of aliphatic hydroxyl groups excluding tert-OH is 1. The van der Waals surface area contributed by atoms with E-state index in [1.165, 1.54) is 6.07 Å². The number of likely N-dealkylation sites (N-methyl/N-ethyl adjacent to an activating group) is 1. The van der Waals surface area contributed by atoms with Crippen molar-refractivity contribution < 1.29 is 14.3 Å². The van der Waals surface area contributed by atoms with E-state index in [4.69, 9.17) is 4.98 Å². The number of aromatic nitrogens is 5. The van der Waals surface area contributed by atoms with Crippen LogP contribution in [-0.2, 0) is 7.05 Å². The van der Waals surface area contributed by atoms with Crippen LogP contribution in [0.5, 0.6) is 0 Å². The Hall–Kier alpha value is -3.87. The number of pyridine rings is 1. The van der Waals surface area contributed by atoms with Gasteiger partial charge in [0.05, 0.1) is 28.9 Å². The molecule has 1 amide bonds. The van der Waals surface area contributed by atoms with Crippen LogP contribution in [-0.4, -0.2) is 92.6 Å². The molecule has 6 rings (SSSR count). The molecule has 12 heteroatoms. The second kappa shape index (κ2) is 13.5. The molecule has 3 aromatic heterocycles. The van der Waals surface area contributed by atoms with Gasteiger partial charge in [-0.15, -0.1) is 0 Å². The summed E-state index contributed by atoms with van der Waals surface area (Å²) in [5, 5.41) is 21.1. The van der Waals surface area contributed by atoms with Gasteiger partial charge >= 0.3 is 0 Å². The van der Waals surface area contributed by atoms with Crippen LogP contribution in [0.1, 0.15) is 66.3 Å². The fourth-order valence-electron chi connectivity index (χ4n) is 6.79. The molecule has 0 unspecified atom stereocenters. The standard InChI is InChI=1S/C34H46FN9O2/c1-21-18-27(31(35)32(38-21)28-20-37-42(5)22(28)2)33(46)40-34-39-29-11-8-25(19-30(29)44(34)24-6-9-26(45)10-7-24)43-15-12-23(13-16-43)36-14-17-41(3)4/h8,11,18-20,23-24,26,36,45H,6-7,9-10,12-17H2,1-5H3,(H,39,40,46)/t24-,26+. The molecule has 2 aliphatic rings. The minimum absolute atomic E-state index is 0.0446. The number of piperidine rings is 1. The van der Waals surface area contributed by atoms with Gasteiger partial charge in [-0.3, -0.25) is 14.8 Å². The van der Waals surface area contributed by atoms with E-state index >= 15 is 4.39 Å². The Balaban J connectivity index is 1.29. The molecule has 1 saturated carbocycles. The van der Waals surface area contributed by atoms with Gasteiger partial charge in [0.15, 0.2) is 5.82 Å². The van der Waals surface area contributed by atoms with Crippen molar-refractivity contribution in [1.82, 2.24) is 34.5 Å². The highest BCUT2D eigenvalue weighted by Gasteiger charge is 2.28. The number of fused-ring (bicyclic) bond motifs is 1. The summed E-state index contributed by atoms with van der Waals surface area (Å²) in [6.07, 6.45) is 6.27. The van der Waals surface area contributed by atoms with Gasteiger partial charge in [0.25, 0.3) is 5.91 Å². The van der Waals surface area contributed by atoms with Crippen LogP contribution in [0.3, 0.4) is 0 Å². The Kier molecular flexibility index (Phi) is 9.39. The van der Waals surface area contributed by atoms with Crippen LogP contribution < -0.4 is 15.5 Å². The van der Waals surface area contributed by atoms with Crippen LogP contribution in [0.2, 0.25) is 0 Å². The van der Waals surface area contributed by atoms with Crippen molar-refractivity contribution in [2.75, 3.05) is 50.5 Å². The summed E-state index contributed by atoms with van der Waals surface area (Å²) in [4.78, 5) is 27.7. The smallest absolute Gasteiger partial charge is 0.261 e. The molecule has 2 fully saturated rings. The monoisotopic (exact) mass is 631 g/mol. The van der Waals surface area contributed by atoms with Crippen LogP contribution >= 0.6 is 0 Å². The number of amides is 1. The molecular weight excluding hydrogens is 585 g/mol. The normalized spacial score (nSPS) is 19.3. The molecule has 3 N–H and O–H groups in total. The molecule has 0 spiro atoms. The number of carbonyl (C=O) groups is 1. The van der Waals surface area contributed by atoms with Gasteiger partial charge in [-0.1, -0.05) is 0 Å². The van der Waals surface area contributed by atoms with E-state index in [0.29, 0.717) is 36.1 Å². The molecule has 0 radical (unpaired) electrons. The molecule has 1 aliphatic carbocycles. The minimum Gasteiger partial charge on any atom is -0.393 e. The number of halogens is 1. The molecule has 46 heavy (non-hydrogen) atoms. The topological polar surface area (TPSA) is 116 Å². The molecule has 1 aliphatic heterocycles. The van der Waals surface area contributed by atoms with E-state index in [1.807, 2.05) is 13.0 Å². The van der Waals surface area contributed by atoms with Crippen molar-refractivity contribution in [2.45, 2.75) is 70.6 Å². The summed E-state index contributed by atoms with van der Waals surface area (Å²) < 4.78 is 19.7. The van der Waals surface area contributed by atoms with Crippen LogP contribution in [0.4, 0.5) is 16.0 Å². The summed E-state index contributed by atoms with van der Waals surface area (Å²) in [5.41, 5.74) is 4.67. The van der Waals surface area contributed by atoms with Crippen molar-refractivity contribution in [3.05, 3.63) is 53.2 Å². The third kappa shape index (κ3) is 6.65. The zero-order valence-corrected chi connectivity index (χ0v) is 27.6. The summed E-state index contributed by atoms with van der Waals surface area (Å²) in [6, 6.07) is 8.31. The van der Waals surface area contributed by atoms with E-state index in [-0.39, 0.29) is 23.4 Å². The quantitative estimate of drug-likeness (QED) is 0.249. The maximum absolute atomic E-state index is 15.9. The lowest BCUT2D eigenvalue weighted by Gasteiger charge is -2.34. The number of hydrogen-bond donors (Lipinski definition) is 3. The lowest BCUT2D eigenvalue weighted by Crippen LogP contribution is -2.44. The molecule has 11 nitrogen and oxygen atoms in total. The van der Waals surface area contributed by atoms with E-state index in [1.54, 1.807) is 24.9 Å². The molecule has 4 heterocycles. The Labute approximate surface area is 269 Å².